The molecule has 0 aromatic rings. The Labute approximate surface area is 323 Å². The average Bonchev–Trinajstić information content (AvgIpc) is 3.67. The minimum Gasteiger partial charge on any atom is -0.458 e. The summed E-state index contributed by atoms with van der Waals surface area (Å²) in [7, 11) is 0. The number of ether oxygens (including phenoxy) is 7. The Morgan fingerprint density at radius 2 is 1.29 bits per heavy atom. The van der Waals surface area contributed by atoms with Crippen LogP contribution in [0.25, 0.3) is 0 Å². The highest BCUT2D eigenvalue weighted by Gasteiger charge is 2.71. The van der Waals surface area contributed by atoms with Gasteiger partial charge in [0.1, 0.15) is 24.9 Å². The van der Waals surface area contributed by atoms with Gasteiger partial charge in [-0.3, -0.25) is 0 Å². The molecule has 312 valence electrons. The van der Waals surface area contributed by atoms with Crippen LogP contribution in [0.4, 0.5) is 0 Å². The van der Waals surface area contributed by atoms with E-state index in [0.29, 0.717) is 18.8 Å². The zero-order chi connectivity index (χ0) is 39.2. The second-order valence-electron chi connectivity index (χ2n) is 18.8. The molecule has 0 spiro atoms. The molecule has 3 saturated heterocycles. The number of hydrogen-bond donors (Lipinski definition) is 6. The Balaban J connectivity index is 0.837. The van der Waals surface area contributed by atoms with Crippen LogP contribution in [0.2, 0.25) is 0 Å². The van der Waals surface area contributed by atoms with E-state index in [2.05, 4.69) is 6.92 Å². The number of aliphatic hydroxyl groups is 6. The summed E-state index contributed by atoms with van der Waals surface area (Å²) in [5.41, 5.74) is -0.892. The van der Waals surface area contributed by atoms with E-state index >= 15 is 0 Å². The number of cyclic esters (lactones) is 1. The van der Waals surface area contributed by atoms with Crippen LogP contribution in [0.1, 0.15) is 105 Å². The predicted octanol–water partition coefficient (Wildman–Crippen LogP) is 2.22. The SMILES string of the molecule is C[C@@H]1OC(O[C@@H]2[C@H](C)O[C@@H](O[C@@H]3[C@H](C)O[C@@H](O[C@H]4CC[C@@]5(C)C(CCC6C5C[C@H](O)[C@]5(C)[C@@H](C7=CC(=O)OC7)CC[C@]65O)C4)C[C@@H]3O)C[C@@H]2O)C[C@H](O)[C@@H]1O. The lowest BCUT2D eigenvalue weighted by atomic mass is 9.42. The summed E-state index contributed by atoms with van der Waals surface area (Å²) in [6, 6.07) is 0. The van der Waals surface area contributed by atoms with E-state index in [1.54, 1.807) is 19.9 Å². The zero-order valence-corrected chi connectivity index (χ0v) is 32.9. The van der Waals surface area contributed by atoms with Gasteiger partial charge in [-0.1, -0.05) is 13.8 Å². The van der Waals surface area contributed by atoms with Crippen molar-refractivity contribution in [3.63, 3.8) is 0 Å². The lowest BCUT2D eigenvalue weighted by Crippen LogP contribution is -2.67. The number of fused-ring (bicyclic) bond motifs is 5. The molecule has 4 aliphatic heterocycles. The van der Waals surface area contributed by atoms with Crippen LogP contribution in [-0.2, 0) is 38.0 Å². The van der Waals surface area contributed by atoms with E-state index in [1.165, 1.54) is 0 Å². The minimum absolute atomic E-state index is 0.0452. The van der Waals surface area contributed by atoms with E-state index in [9.17, 15) is 35.4 Å². The third kappa shape index (κ3) is 6.95. The molecule has 14 heteroatoms. The highest BCUT2D eigenvalue weighted by atomic mass is 16.7. The second kappa shape index (κ2) is 15.1. The van der Waals surface area contributed by atoms with Crippen molar-refractivity contribution in [3.05, 3.63) is 11.6 Å². The summed E-state index contributed by atoms with van der Waals surface area (Å²) in [6.07, 6.45) is -1.51. The predicted molar refractivity (Wildman–Crippen MR) is 193 cm³/mol. The van der Waals surface area contributed by atoms with Crippen LogP contribution in [0, 0.1) is 34.5 Å². The van der Waals surface area contributed by atoms with Crippen molar-refractivity contribution in [1.29, 1.82) is 0 Å². The maximum absolute atomic E-state index is 12.6. The van der Waals surface area contributed by atoms with Crippen molar-refractivity contribution in [1.82, 2.24) is 0 Å². The average molecular weight is 781 g/mol. The molecule has 21 atom stereocenters. The molecule has 8 aliphatic rings. The van der Waals surface area contributed by atoms with Crippen molar-refractivity contribution in [2.75, 3.05) is 6.61 Å². The molecule has 4 heterocycles. The first kappa shape index (κ1) is 40.5. The van der Waals surface area contributed by atoms with Crippen molar-refractivity contribution < 1.29 is 68.6 Å². The molecule has 0 aromatic heterocycles. The molecule has 4 saturated carbocycles. The molecular weight excluding hydrogens is 716 g/mol. The maximum atomic E-state index is 12.6. The van der Waals surface area contributed by atoms with Gasteiger partial charge in [-0.15, -0.1) is 0 Å². The summed E-state index contributed by atoms with van der Waals surface area (Å²) in [5, 5.41) is 66.9. The second-order valence-corrected chi connectivity index (χ2v) is 18.8. The van der Waals surface area contributed by atoms with Gasteiger partial charge in [-0.25, -0.2) is 4.79 Å². The Morgan fingerprint density at radius 1 is 0.691 bits per heavy atom. The first-order valence-electron chi connectivity index (χ1n) is 20.9. The molecule has 0 aromatic carbocycles. The molecule has 4 unspecified atom stereocenters. The van der Waals surface area contributed by atoms with E-state index < -0.39 is 90.9 Å². The summed E-state index contributed by atoms with van der Waals surface area (Å²) in [4.78, 5) is 11.9. The fraction of sp³-hybridized carbons (Fsp3) is 0.927. The van der Waals surface area contributed by atoms with Crippen molar-refractivity contribution in [2.24, 2.45) is 34.5 Å². The van der Waals surface area contributed by atoms with E-state index in [-0.39, 0.29) is 61.1 Å². The molecule has 0 amide bonds. The molecule has 8 rings (SSSR count). The smallest absolute Gasteiger partial charge is 0.331 e. The molecule has 0 radical (unpaired) electrons. The summed E-state index contributed by atoms with van der Waals surface area (Å²) < 4.78 is 42.1. The fourth-order valence-electron chi connectivity index (χ4n) is 12.8. The van der Waals surface area contributed by atoms with Crippen molar-refractivity contribution >= 4 is 5.97 Å². The van der Waals surface area contributed by atoms with Crippen molar-refractivity contribution in [2.45, 2.75) is 197 Å². The van der Waals surface area contributed by atoms with E-state index in [1.807, 2.05) is 13.8 Å². The topological polar surface area (TPSA) is 203 Å². The van der Waals surface area contributed by atoms with Crippen LogP contribution in [-0.4, -0.2) is 135 Å². The van der Waals surface area contributed by atoms with Gasteiger partial charge >= 0.3 is 5.97 Å². The number of carbonyl (C=O) groups excluding carboxylic acids is 1. The molecule has 55 heavy (non-hydrogen) atoms. The third-order valence-corrected chi connectivity index (χ3v) is 16.0. The van der Waals surface area contributed by atoms with Gasteiger partial charge < -0.3 is 63.8 Å². The Morgan fingerprint density at radius 3 is 1.87 bits per heavy atom. The lowest BCUT2D eigenvalue weighted by molar-refractivity contribution is -0.336. The summed E-state index contributed by atoms with van der Waals surface area (Å²) in [5.74, 6) is 0.204. The van der Waals surface area contributed by atoms with E-state index in [4.69, 9.17) is 33.2 Å². The van der Waals surface area contributed by atoms with Gasteiger partial charge in [0.25, 0.3) is 0 Å². The van der Waals surface area contributed by atoms with Gasteiger partial charge in [0.05, 0.1) is 54.4 Å². The van der Waals surface area contributed by atoms with Crippen LogP contribution in [0.5, 0.6) is 0 Å². The van der Waals surface area contributed by atoms with Crippen LogP contribution >= 0.6 is 0 Å². The Hall–Kier alpha value is -1.27. The number of carbonyl (C=O) groups is 1. The number of hydrogen-bond acceptors (Lipinski definition) is 14. The Kier molecular flexibility index (Phi) is 11.1. The van der Waals surface area contributed by atoms with Crippen LogP contribution in [0.3, 0.4) is 0 Å². The van der Waals surface area contributed by atoms with Gasteiger partial charge in [-0.2, -0.15) is 0 Å². The van der Waals surface area contributed by atoms with Crippen molar-refractivity contribution in [3.8, 4) is 0 Å². The normalized spacial score (nSPS) is 55.5. The van der Waals surface area contributed by atoms with Gasteiger partial charge in [0.2, 0.25) is 0 Å². The zero-order valence-electron chi connectivity index (χ0n) is 32.9. The highest BCUT2D eigenvalue weighted by Crippen LogP contribution is 2.70. The number of esters is 1. The third-order valence-electron chi connectivity index (χ3n) is 16.0. The van der Waals surface area contributed by atoms with Crippen LogP contribution < -0.4 is 0 Å². The molecular formula is C41H64O14. The number of rotatable bonds is 7. The number of aliphatic hydroxyl groups excluding tert-OH is 5. The van der Waals surface area contributed by atoms with E-state index in [0.717, 1.165) is 44.1 Å². The fourth-order valence-corrected chi connectivity index (χ4v) is 12.8. The summed E-state index contributed by atoms with van der Waals surface area (Å²) >= 11 is 0. The van der Waals surface area contributed by atoms with Gasteiger partial charge in [-0.05, 0) is 107 Å². The molecule has 4 aliphatic carbocycles. The minimum atomic E-state index is -1.01. The molecule has 6 N–H and O–H groups in total. The monoisotopic (exact) mass is 780 g/mol. The Bertz CT molecular complexity index is 1410. The molecule has 0 bridgehead atoms. The maximum Gasteiger partial charge on any atom is 0.331 e. The lowest BCUT2D eigenvalue weighted by Gasteiger charge is -2.65. The quantitative estimate of drug-likeness (QED) is 0.162. The summed E-state index contributed by atoms with van der Waals surface area (Å²) in [6.45, 7) is 9.90. The van der Waals surface area contributed by atoms with Crippen LogP contribution in [0.15, 0.2) is 11.6 Å². The molecule has 7 fully saturated rings. The first-order chi connectivity index (χ1) is 26.0. The standard InChI is InChI=1S/C41H64O14/c1-19-36(47)28(42)15-34(50-19)54-38-21(3)52-35(17-30(38)44)55-37-20(2)51-33(16-29(37)43)53-24-8-10-39(4)23(13-24)6-7-26-27(39)14-31(45)40(5)25(9-11-41(26,40)48)22-12-32(46)49-18-22/h12,19-21,23-31,33-38,42-45,47-48H,6-11,13-18H2,1-5H3/t19-,20-,21-,23?,24-,25+,26?,27?,28-,29-,30-,31-,33-,34?,35-,36+,37+,38+,39-,40-,41-/m0/s1. The van der Waals surface area contributed by atoms with Gasteiger partial charge in [0.15, 0.2) is 18.9 Å². The molecule has 14 nitrogen and oxygen atoms in total. The van der Waals surface area contributed by atoms with Gasteiger partial charge in [0, 0.05) is 30.8 Å². The largest absolute Gasteiger partial charge is 0.458 e. The highest BCUT2D eigenvalue weighted by molar-refractivity contribution is 5.85. The first-order valence-corrected chi connectivity index (χ1v) is 20.9.